The molecule has 0 bridgehead atoms. The van der Waals surface area contributed by atoms with Crippen LogP contribution in [-0.2, 0) is 33.4 Å². The number of hydrogen-bond donors (Lipinski definition) is 1. The molecule has 0 saturated heterocycles. The number of aliphatic hydroxyl groups is 1. The van der Waals surface area contributed by atoms with E-state index in [1.54, 1.807) is 0 Å². The molecule has 1 N–H and O–H groups in total. The van der Waals surface area contributed by atoms with Crippen molar-refractivity contribution in [3.63, 3.8) is 0 Å². The third-order valence-corrected chi connectivity index (χ3v) is 2.29. The van der Waals surface area contributed by atoms with Crippen molar-refractivity contribution < 1.29 is 42.6 Å². The number of hydrogen-bond acceptors (Lipinski definition) is 8. The number of carbonyl (C=O) groups excluding carboxylic acids is 4. The summed E-state index contributed by atoms with van der Waals surface area (Å²) in [4.78, 5) is 44.8. The molecule has 0 aromatic carbocycles. The molecule has 20 heavy (non-hydrogen) atoms. The molecular weight excluding hydrogens is 340 g/mol. The smallest absolute Gasteiger partial charge is 0.303 e. The van der Waals surface area contributed by atoms with Gasteiger partial charge in [0.1, 0.15) is 12.7 Å². The van der Waals surface area contributed by atoms with Crippen molar-refractivity contribution in [1.29, 1.82) is 0 Å². The fourth-order valence-corrected chi connectivity index (χ4v) is 1.51. The maximum atomic E-state index is 11.5. The van der Waals surface area contributed by atoms with E-state index in [4.69, 9.17) is 8.85 Å². The van der Waals surface area contributed by atoms with Crippen molar-refractivity contribution in [2.24, 2.45) is 0 Å². The Morgan fingerprint density at radius 1 is 1.10 bits per heavy atom. The highest BCUT2D eigenvalue weighted by Gasteiger charge is 2.38. The fraction of sp³-hybridized carbons (Fsp3) is 0.636. The lowest BCUT2D eigenvalue weighted by atomic mass is 10.1. The van der Waals surface area contributed by atoms with Crippen molar-refractivity contribution in [2.45, 2.75) is 39.0 Å². The van der Waals surface area contributed by atoms with Gasteiger partial charge in [-0.1, -0.05) is 0 Å². The van der Waals surface area contributed by atoms with Crippen LogP contribution in [0.15, 0.2) is 0 Å². The third kappa shape index (κ3) is 7.19. The Balaban J connectivity index is 5.19. The maximum absolute atomic E-state index is 11.5. The third-order valence-electron chi connectivity index (χ3n) is 1.84. The lowest BCUT2D eigenvalue weighted by Gasteiger charge is -2.27. The van der Waals surface area contributed by atoms with Gasteiger partial charge in [-0.05, 0) is 15.9 Å². The van der Waals surface area contributed by atoms with Gasteiger partial charge in [-0.3, -0.25) is 19.2 Å². The summed E-state index contributed by atoms with van der Waals surface area (Å²) in [5, 5.41) is 9.91. The maximum Gasteiger partial charge on any atom is 0.303 e. The van der Waals surface area contributed by atoms with Crippen molar-refractivity contribution >= 4 is 38.5 Å². The van der Waals surface area contributed by atoms with Gasteiger partial charge in [0.25, 0.3) is 0 Å². The van der Waals surface area contributed by atoms with Gasteiger partial charge in [-0.15, -0.1) is 0 Å². The predicted molar refractivity (Wildman–Crippen MR) is 67.7 cm³/mol. The molecule has 8 nitrogen and oxygen atoms in total. The van der Waals surface area contributed by atoms with Crippen molar-refractivity contribution in [3.8, 4) is 0 Å². The Hall–Kier alpha value is -1.48. The van der Waals surface area contributed by atoms with Gasteiger partial charge in [0.05, 0.1) is 0 Å². The largest absolute Gasteiger partial charge is 0.463 e. The topological polar surface area (TPSA) is 116 Å². The molecule has 114 valence electrons. The first-order valence-electron chi connectivity index (χ1n) is 7.18. The second-order valence-corrected chi connectivity index (χ2v) is 4.20. The number of ether oxygens (including phenoxy) is 3. The minimum absolute atomic E-state index is 0.710. The monoisotopic (exact) mass is 357 g/mol. The Bertz CT molecular complexity index is 447. The van der Waals surface area contributed by atoms with Crippen LogP contribution in [-0.4, -0.2) is 52.6 Å². The van der Waals surface area contributed by atoms with E-state index in [2.05, 4.69) is 25.4 Å². The molecule has 3 atom stereocenters. The van der Waals surface area contributed by atoms with E-state index < -0.39 is 68.2 Å². The molecule has 0 aliphatic rings. The van der Waals surface area contributed by atoms with Crippen molar-refractivity contribution in [2.75, 3.05) is 6.61 Å². The van der Waals surface area contributed by atoms with Crippen LogP contribution in [0.3, 0.4) is 0 Å². The van der Waals surface area contributed by atoms with Gasteiger partial charge in [0.15, 0.2) is 6.10 Å². The zero-order valence-corrected chi connectivity index (χ0v) is 11.8. The van der Waals surface area contributed by atoms with Gasteiger partial charge in [0, 0.05) is 24.8 Å². The van der Waals surface area contributed by atoms with Crippen molar-refractivity contribution in [1.82, 2.24) is 0 Å². The van der Waals surface area contributed by atoms with E-state index in [-0.39, 0.29) is 0 Å². The van der Waals surface area contributed by atoms with Crippen LogP contribution in [0.5, 0.6) is 0 Å². The van der Waals surface area contributed by atoms with E-state index in [1.807, 2.05) is 0 Å². The van der Waals surface area contributed by atoms with Gasteiger partial charge in [-0.2, -0.15) is 0 Å². The quantitative estimate of drug-likeness (QED) is 0.374. The second-order valence-electron chi connectivity index (χ2n) is 3.42. The molecule has 0 aromatic rings. The summed E-state index contributed by atoms with van der Waals surface area (Å²) in [5.74, 6) is -3.22. The molecule has 0 amide bonds. The van der Waals surface area contributed by atoms with E-state index in [9.17, 15) is 24.3 Å². The van der Waals surface area contributed by atoms with E-state index in [1.165, 1.54) is 0 Å². The number of aliphatic hydroxyl groups excluding tert-OH is 1. The molecule has 0 unspecified atom stereocenters. The van der Waals surface area contributed by atoms with Crippen LogP contribution >= 0.6 is 15.9 Å². The first-order chi connectivity index (χ1) is 10.8. The number of esters is 3. The summed E-state index contributed by atoms with van der Waals surface area (Å²) in [6.07, 6.45) is -5.31. The normalized spacial score (nSPS) is 16.6. The summed E-state index contributed by atoms with van der Waals surface area (Å²) >= 11 is 2.51. The average Bonchev–Trinajstić information content (AvgIpc) is 2.54. The fourth-order valence-electron chi connectivity index (χ4n) is 1.15. The highest BCUT2D eigenvalue weighted by Crippen LogP contribution is 2.15. The zero-order valence-electron chi connectivity index (χ0n) is 13.2. The van der Waals surface area contributed by atoms with Gasteiger partial charge in [-0.25, -0.2) is 0 Å². The summed E-state index contributed by atoms with van der Waals surface area (Å²) in [7, 11) is 0. The first kappa shape index (κ1) is 13.5. The SMILES string of the molecule is [2H]CC(=O)OC[C@@H](O)[C@@H](OC(=O)C[2H])[C@@H](OC(=O)C[2H])C(=O)Br. The van der Waals surface area contributed by atoms with Gasteiger partial charge < -0.3 is 19.3 Å². The molecular formula is C11H15BrO8. The zero-order chi connectivity index (χ0) is 18.0. The van der Waals surface area contributed by atoms with Crippen LogP contribution in [0, 0.1) is 0 Å². The highest BCUT2D eigenvalue weighted by atomic mass is 79.9. The molecule has 0 saturated carbocycles. The summed E-state index contributed by atoms with van der Waals surface area (Å²) < 4.78 is 33.3. The first-order valence-corrected chi connectivity index (χ1v) is 5.85. The van der Waals surface area contributed by atoms with E-state index >= 15 is 0 Å². The average molecular weight is 358 g/mol. The van der Waals surface area contributed by atoms with Crippen molar-refractivity contribution in [3.05, 3.63) is 0 Å². The molecule has 0 fully saturated rings. The number of rotatable bonds is 7. The molecule has 9 heteroatoms. The Morgan fingerprint density at radius 2 is 1.65 bits per heavy atom. The molecule has 0 rings (SSSR count). The minimum Gasteiger partial charge on any atom is -0.463 e. The molecule has 0 aromatic heterocycles. The second kappa shape index (κ2) is 8.64. The summed E-state index contributed by atoms with van der Waals surface area (Å²) in [6, 6.07) is 0. The van der Waals surface area contributed by atoms with Crippen LogP contribution < -0.4 is 0 Å². The lowest BCUT2D eigenvalue weighted by Crippen LogP contribution is -2.47. The molecule has 0 aliphatic heterocycles. The lowest BCUT2D eigenvalue weighted by molar-refractivity contribution is -0.179. The van der Waals surface area contributed by atoms with Crippen LogP contribution in [0.1, 0.15) is 24.8 Å². The van der Waals surface area contributed by atoms with Crippen LogP contribution in [0.2, 0.25) is 0 Å². The summed E-state index contributed by atoms with van der Waals surface area (Å²) in [5.41, 5.74) is 0. The highest BCUT2D eigenvalue weighted by molar-refractivity contribution is 9.18. The predicted octanol–water partition coefficient (Wildman–Crippen LogP) is -0.305. The van der Waals surface area contributed by atoms with Gasteiger partial charge >= 0.3 is 17.9 Å². The van der Waals surface area contributed by atoms with Crippen LogP contribution in [0.25, 0.3) is 0 Å². The van der Waals surface area contributed by atoms with E-state index in [0.29, 0.717) is 0 Å². The minimum atomic E-state index is -1.80. The molecule has 0 spiro atoms. The van der Waals surface area contributed by atoms with Crippen LogP contribution in [0.4, 0.5) is 0 Å². The molecule has 0 radical (unpaired) electrons. The molecule has 0 heterocycles. The number of carbonyl (C=O) groups is 4. The Kier molecular flexibility index (Phi) is 5.83. The Labute approximate surface area is 127 Å². The summed E-state index contributed by atoms with van der Waals surface area (Å²) in [6.45, 7) is -3.09. The number of halogens is 1. The Morgan fingerprint density at radius 3 is 2.15 bits per heavy atom. The standard InChI is InChI=1S/C11H15BrO8/c1-5(13)18-4-8(16)9(19-6(2)14)10(11(12)17)20-7(3)15/h8-10,16H,4H2,1-3H3/t8-,9-,10-/m1/s1/i1D,2D,3D. The van der Waals surface area contributed by atoms with Gasteiger partial charge in [0.2, 0.25) is 10.8 Å². The molecule has 0 aliphatic carbocycles. The van der Waals surface area contributed by atoms with E-state index in [0.717, 1.165) is 0 Å².